The molecule has 82 valence electrons. The van der Waals surface area contributed by atoms with Crippen molar-refractivity contribution in [1.82, 2.24) is 0 Å². The first-order chi connectivity index (χ1) is 6.91. The van der Waals surface area contributed by atoms with Crippen LogP contribution in [-0.4, -0.2) is 11.1 Å². The molecule has 1 rings (SSSR count). The second kappa shape index (κ2) is 4.38. The fourth-order valence-electron chi connectivity index (χ4n) is 1.55. The fourth-order valence-corrected chi connectivity index (χ4v) is 1.55. The topological polar surface area (TPSA) is 37.3 Å². The minimum atomic E-state index is -1.07. The van der Waals surface area contributed by atoms with Gasteiger partial charge in [0, 0.05) is 5.56 Å². The molecular weight excluding hydrogens is 202 g/mol. The van der Waals surface area contributed by atoms with Crippen LogP contribution in [0.5, 0.6) is 0 Å². The predicted molar refractivity (Wildman–Crippen MR) is 51.8 cm³/mol. The maximum absolute atomic E-state index is 13.4. The number of hydrogen-bond donors (Lipinski definition) is 1. The lowest BCUT2D eigenvalue weighted by Crippen LogP contribution is -2.07. The smallest absolute Gasteiger partial charge is 0.303 e. The molecule has 0 amide bonds. The molecule has 0 heterocycles. The van der Waals surface area contributed by atoms with Gasteiger partial charge in [0.2, 0.25) is 0 Å². The van der Waals surface area contributed by atoms with Gasteiger partial charge in [-0.3, -0.25) is 4.79 Å². The van der Waals surface area contributed by atoms with Crippen LogP contribution in [0.15, 0.2) is 12.1 Å². The molecule has 0 bridgehead atoms. The van der Waals surface area contributed by atoms with E-state index in [0.717, 1.165) is 0 Å². The van der Waals surface area contributed by atoms with Crippen molar-refractivity contribution in [1.29, 1.82) is 0 Å². The van der Waals surface area contributed by atoms with Crippen molar-refractivity contribution in [3.63, 3.8) is 0 Å². The van der Waals surface area contributed by atoms with E-state index in [4.69, 9.17) is 5.11 Å². The van der Waals surface area contributed by atoms with Crippen LogP contribution in [0.3, 0.4) is 0 Å². The van der Waals surface area contributed by atoms with Crippen molar-refractivity contribution >= 4 is 5.97 Å². The summed E-state index contributed by atoms with van der Waals surface area (Å²) in [5, 5.41) is 8.54. The lowest BCUT2D eigenvalue weighted by Gasteiger charge is -2.12. The van der Waals surface area contributed by atoms with Gasteiger partial charge in [0.05, 0.1) is 6.42 Å². The molecule has 1 atom stereocenters. The van der Waals surface area contributed by atoms with Gasteiger partial charge in [-0.2, -0.15) is 0 Å². The Kier molecular flexibility index (Phi) is 3.39. The molecule has 0 aliphatic rings. The predicted octanol–water partition coefficient (Wildman–Crippen LogP) is 2.85. The summed E-state index contributed by atoms with van der Waals surface area (Å²) in [5.74, 6) is -3.09. The van der Waals surface area contributed by atoms with E-state index < -0.39 is 23.5 Å². The number of benzene rings is 1. The number of carboxylic acid groups (broad SMARTS) is 1. The molecule has 0 radical (unpaired) electrons. The Morgan fingerprint density at radius 1 is 1.40 bits per heavy atom. The van der Waals surface area contributed by atoms with Crippen LogP contribution in [0.1, 0.15) is 30.4 Å². The van der Waals surface area contributed by atoms with Crippen molar-refractivity contribution in [2.24, 2.45) is 0 Å². The van der Waals surface area contributed by atoms with Crippen molar-refractivity contribution in [2.45, 2.75) is 26.2 Å². The standard InChI is InChI=1S/C11H12F2O2/c1-6-3-8(12)11(9(13)4-6)7(2)5-10(14)15/h3-4,7H,5H2,1-2H3,(H,14,15). The largest absolute Gasteiger partial charge is 0.481 e. The number of halogens is 2. The molecule has 1 aromatic carbocycles. The second-order valence-electron chi connectivity index (χ2n) is 3.64. The summed E-state index contributed by atoms with van der Waals surface area (Å²) >= 11 is 0. The van der Waals surface area contributed by atoms with E-state index in [0.29, 0.717) is 5.56 Å². The summed E-state index contributed by atoms with van der Waals surface area (Å²) < 4.78 is 26.8. The van der Waals surface area contributed by atoms with E-state index in [2.05, 4.69) is 0 Å². The van der Waals surface area contributed by atoms with Crippen LogP contribution in [0, 0.1) is 18.6 Å². The van der Waals surface area contributed by atoms with E-state index in [-0.39, 0.29) is 12.0 Å². The monoisotopic (exact) mass is 214 g/mol. The third-order valence-corrected chi connectivity index (χ3v) is 2.20. The number of carbonyl (C=O) groups is 1. The fraction of sp³-hybridized carbons (Fsp3) is 0.364. The molecule has 0 aliphatic carbocycles. The number of carboxylic acids is 1. The zero-order valence-electron chi connectivity index (χ0n) is 8.55. The highest BCUT2D eigenvalue weighted by Gasteiger charge is 2.19. The summed E-state index contributed by atoms with van der Waals surface area (Å²) in [5.41, 5.74) is 0.333. The van der Waals surface area contributed by atoms with Crippen LogP contribution in [-0.2, 0) is 4.79 Å². The Hall–Kier alpha value is -1.45. The van der Waals surface area contributed by atoms with Crippen LogP contribution in [0.2, 0.25) is 0 Å². The molecule has 0 fully saturated rings. The zero-order chi connectivity index (χ0) is 11.6. The van der Waals surface area contributed by atoms with Crippen LogP contribution < -0.4 is 0 Å². The molecule has 1 unspecified atom stereocenters. The maximum atomic E-state index is 13.4. The molecule has 4 heteroatoms. The molecule has 2 nitrogen and oxygen atoms in total. The first kappa shape index (κ1) is 11.6. The van der Waals surface area contributed by atoms with Gasteiger partial charge in [0.1, 0.15) is 11.6 Å². The third-order valence-electron chi connectivity index (χ3n) is 2.20. The normalized spacial score (nSPS) is 12.5. The second-order valence-corrected chi connectivity index (χ2v) is 3.64. The molecule has 0 spiro atoms. The molecule has 0 saturated heterocycles. The van der Waals surface area contributed by atoms with Gasteiger partial charge in [-0.15, -0.1) is 0 Å². The van der Waals surface area contributed by atoms with Gasteiger partial charge < -0.3 is 5.11 Å². The van der Waals surface area contributed by atoms with E-state index in [1.807, 2.05) is 0 Å². The number of aryl methyl sites for hydroxylation is 1. The number of rotatable bonds is 3. The Balaban J connectivity index is 3.08. The van der Waals surface area contributed by atoms with Gasteiger partial charge in [-0.1, -0.05) is 6.92 Å². The van der Waals surface area contributed by atoms with Crippen molar-refractivity contribution in [3.8, 4) is 0 Å². The molecule has 1 N–H and O–H groups in total. The van der Waals surface area contributed by atoms with E-state index >= 15 is 0 Å². The molecule has 0 saturated carbocycles. The van der Waals surface area contributed by atoms with Gasteiger partial charge in [0.15, 0.2) is 0 Å². The average Bonchev–Trinajstić information content (AvgIpc) is 1.99. The average molecular weight is 214 g/mol. The maximum Gasteiger partial charge on any atom is 0.303 e. The lowest BCUT2D eigenvalue weighted by molar-refractivity contribution is -0.137. The molecule has 15 heavy (non-hydrogen) atoms. The third kappa shape index (κ3) is 2.75. The van der Waals surface area contributed by atoms with Crippen molar-refractivity contribution in [3.05, 3.63) is 34.9 Å². The Labute approximate surface area is 86.5 Å². The number of hydrogen-bond acceptors (Lipinski definition) is 1. The van der Waals surface area contributed by atoms with E-state index in [1.165, 1.54) is 19.1 Å². The van der Waals surface area contributed by atoms with Crippen LogP contribution in [0.4, 0.5) is 8.78 Å². The SMILES string of the molecule is Cc1cc(F)c(C(C)CC(=O)O)c(F)c1. The summed E-state index contributed by atoms with van der Waals surface area (Å²) in [6.07, 6.45) is -0.281. The molecule has 0 aliphatic heterocycles. The molecular formula is C11H12F2O2. The Bertz CT molecular complexity index is 365. The quantitative estimate of drug-likeness (QED) is 0.840. The lowest BCUT2D eigenvalue weighted by atomic mass is 9.95. The van der Waals surface area contributed by atoms with E-state index in [9.17, 15) is 13.6 Å². The van der Waals surface area contributed by atoms with Gasteiger partial charge >= 0.3 is 5.97 Å². The van der Waals surface area contributed by atoms with Crippen LogP contribution in [0.25, 0.3) is 0 Å². The van der Waals surface area contributed by atoms with E-state index in [1.54, 1.807) is 6.92 Å². The first-order valence-corrected chi connectivity index (χ1v) is 4.59. The van der Waals surface area contributed by atoms with Crippen molar-refractivity contribution in [2.75, 3.05) is 0 Å². The highest BCUT2D eigenvalue weighted by molar-refractivity contribution is 5.68. The molecule has 0 aromatic heterocycles. The zero-order valence-corrected chi connectivity index (χ0v) is 8.55. The van der Waals surface area contributed by atoms with Crippen molar-refractivity contribution < 1.29 is 18.7 Å². The van der Waals surface area contributed by atoms with Gasteiger partial charge in [0.25, 0.3) is 0 Å². The highest BCUT2D eigenvalue weighted by Crippen LogP contribution is 2.26. The summed E-state index contributed by atoms with van der Waals surface area (Å²) in [6, 6.07) is 2.41. The Morgan fingerprint density at radius 2 is 1.87 bits per heavy atom. The number of aliphatic carboxylic acids is 1. The highest BCUT2D eigenvalue weighted by atomic mass is 19.1. The minimum Gasteiger partial charge on any atom is -0.481 e. The van der Waals surface area contributed by atoms with Gasteiger partial charge in [-0.25, -0.2) is 8.78 Å². The van der Waals surface area contributed by atoms with Gasteiger partial charge in [-0.05, 0) is 30.5 Å². The summed E-state index contributed by atoms with van der Waals surface area (Å²) in [6.45, 7) is 3.07. The molecule has 1 aromatic rings. The van der Waals surface area contributed by atoms with Crippen LogP contribution >= 0.6 is 0 Å². The summed E-state index contributed by atoms with van der Waals surface area (Å²) in [7, 11) is 0. The first-order valence-electron chi connectivity index (χ1n) is 4.59. The summed E-state index contributed by atoms with van der Waals surface area (Å²) in [4.78, 5) is 10.4. The minimum absolute atomic E-state index is 0.150. The Morgan fingerprint density at radius 3 is 2.27 bits per heavy atom.